The predicted octanol–water partition coefficient (Wildman–Crippen LogP) is 4.88. The molecule has 70 heavy (non-hydrogen) atoms. The summed E-state index contributed by atoms with van der Waals surface area (Å²) in [5.74, 6) is 2.59. The number of likely N-dealkylation sites (N-methyl/N-ethyl adjacent to an activating group) is 2. The van der Waals surface area contributed by atoms with Gasteiger partial charge in [0.15, 0.2) is 24.0 Å². The second-order valence-electron chi connectivity index (χ2n) is 21.6. The molecule has 0 spiro atoms. The van der Waals surface area contributed by atoms with E-state index in [0.29, 0.717) is 12.2 Å². The Kier molecular flexibility index (Phi) is 16.4. The number of carbonyl (C=O) groups is 3. The average molecular weight is 997 g/mol. The number of aliphatic hydroxyl groups excluding tert-OH is 2. The van der Waals surface area contributed by atoms with E-state index in [1.165, 1.54) is 18.4 Å². The number of ketones is 1. The number of likely N-dealkylation sites (tertiary alicyclic amines) is 1. The Morgan fingerprint density at radius 2 is 1.66 bits per heavy atom. The van der Waals surface area contributed by atoms with E-state index < -0.39 is 113 Å². The standard InChI is InChI=1S/C52H76N4O13S/c1-15-36-52(10)41-38(47(61)69-52)56(13)27-49(41,7)42(58)28(2)25-51(9,63-23-16-18-33-19-20-35(70-33)45-53-21-17-22-54-45)44(68-48-39(57)34(55(11)12)24-29(3)64-48)30(4)40(31(5)46(60)66-36)67-37-26-50(8,62-14)43(59)32(6)65-37/h17,19-22,28-32,34,36-41,43-44,48,57,59H,15,23-27H2,1-14H3/t28-,29-,30-,31-,32+,34+,36-,37+,38-,39-,40?,41-,43+,44-,48+,49-,50-,51+,52-/m1/s1. The lowest BCUT2D eigenvalue weighted by Gasteiger charge is -2.50. The molecule has 2 N–H and O–H groups in total. The van der Waals surface area contributed by atoms with Gasteiger partial charge in [0.25, 0.3) is 0 Å². The van der Waals surface area contributed by atoms with Crippen LogP contribution in [-0.2, 0) is 52.3 Å². The van der Waals surface area contributed by atoms with E-state index in [9.17, 15) is 15.0 Å². The molecule has 2 aromatic rings. The van der Waals surface area contributed by atoms with Crippen LogP contribution >= 0.6 is 11.3 Å². The number of rotatable bonds is 10. The van der Waals surface area contributed by atoms with Crippen LogP contribution in [0.4, 0.5) is 0 Å². The van der Waals surface area contributed by atoms with Crippen LogP contribution in [-0.4, -0.2) is 173 Å². The summed E-state index contributed by atoms with van der Waals surface area (Å²) in [4.78, 5) is 58.7. The normalized spacial score (nSPS) is 42.9. The Bertz CT molecular complexity index is 2240. The summed E-state index contributed by atoms with van der Waals surface area (Å²) < 4.78 is 52.7. The fourth-order valence-electron chi connectivity index (χ4n) is 12.5. The minimum atomic E-state index is -1.41. The maximum atomic E-state index is 15.6. The van der Waals surface area contributed by atoms with Crippen LogP contribution in [0.1, 0.15) is 99.8 Å². The number of nitrogens with zero attached hydrogens (tertiary/aromatic N) is 4. The van der Waals surface area contributed by atoms with Gasteiger partial charge < -0.3 is 53.0 Å². The molecule has 7 rings (SSSR count). The first-order valence-corrected chi connectivity index (χ1v) is 25.6. The zero-order valence-corrected chi connectivity index (χ0v) is 44.2. The Morgan fingerprint density at radius 1 is 0.957 bits per heavy atom. The van der Waals surface area contributed by atoms with Crippen molar-refractivity contribution < 1.29 is 62.5 Å². The molecule has 388 valence electrons. The van der Waals surface area contributed by atoms with Crippen molar-refractivity contribution in [1.29, 1.82) is 0 Å². The number of ether oxygens (including phenoxy) is 8. The third-order valence-electron chi connectivity index (χ3n) is 16.1. The number of esters is 2. The molecule has 5 fully saturated rings. The maximum absolute atomic E-state index is 15.6. The summed E-state index contributed by atoms with van der Waals surface area (Å²) >= 11 is 1.45. The molecule has 19 atom stereocenters. The van der Waals surface area contributed by atoms with Gasteiger partial charge in [-0.2, -0.15) is 0 Å². The second-order valence-corrected chi connectivity index (χ2v) is 22.7. The largest absolute Gasteiger partial charge is 0.458 e. The lowest BCUT2D eigenvalue weighted by molar-refractivity contribution is -0.320. The fourth-order valence-corrected chi connectivity index (χ4v) is 13.3. The van der Waals surface area contributed by atoms with Gasteiger partial charge in [0.2, 0.25) is 0 Å². The Labute approximate surface area is 417 Å². The number of aromatic nitrogens is 2. The number of hydrogen-bond acceptors (Lipinski definition) is 18. The highest BCUT2D eigenvalue weighted by atomic mass is 32.1. The molecular weight excluding hydrogens is 921 g/mol. The molecule has 2 aromatic heterocycles. The molecule has 0 bridgehead atoms. The van der Waals surface area contributed by atoms with Crippen molar-refractivity contribution in [1.82, 2.24) is 19.8 Å². The number of Topliss-reactive ketones (excluding diaryl/α,β-unsaturated/α-hetero) is 1. The van der Waals surface area contributed by atoms with Gasteiger partial charge in [-0.25, -0.2) is 9.97 Å². The molecule has 5 aliphatic heterocycles. The molecule has 5 aliphatic rings. The van der Waals surface area contributed by atoms with Gasteiger partial charge in [-0.15, -0.1) is 11.3 Å². The van der Waals surface area contributed by atoms with Gasteiger partial charge in [0.1, 0.15) is 36.7 Å². The lowest BCUT2D eigenvalue weighted by atomic mass is 9.62. The predicted molar refractivity (Wildman–Crippen MR) is 259 cm³/mol. The molecule has 18 heteroatoms. The topological polar surface area (TPSA) is 198 Å². The minimum Gasteiger partial charge on any atom is -0.458 e. The van der Waals surface area contributed by atoms with Gasteiger partial charge in [-0.3, -0.25) is 19.3 Å². The zero-order valence-electron chi connectivity index (χ0n) is 43.4. The number of methoxy groups -OCH3 is 1. The van der Waals surface area contributed by atoms with E-state index in [1.807, 2.05) is 84.6 Å². The highest BCUT2D eigenvalue weighted by Crippen LogP contribution is 2.56. The van der Waals surface area contributed by atoms with Crippen LogP contribution in [0.3, 0.4) is 0 Å². The molecule has 0 aromatic carbocycles. The molecular formula is C52H76N4O13S. The van der Waals surface area contributed by atoms with Gasteiger partial charge in [-0.1, -0.05) is 39.5 Å². The maximum Gasteiger partial charge on any atom is 0.324 e. The molecule has 0 radical (unpaired) electrons. The second kappa shape index (κ2) is 21.2. The average Bonchev–Trinajstić information content (AvgIpc) is 4.00. The first-order chi connectivity index (χ1) is 32.9. The van der Waals surface area contributed by atoms with Crippen LogP contribution in [0.5, 0.6) is 0 Å². The molecule has 17 nitrogen and oxygen atoms in total. The fraction of sp³-hybridized carbons (Fsp3) is 0.750. The van der Waals surface area contributed by atoms with Crippen LogP contribution < -0.4 is 0 Å². The molecule has 7 heterocycles. The van der Waals surface area contributed by atoms with Crippen LogP contribution in [0.2, 0.25) is 0 Å². The molecule has 0 saturated carbocycles. The summed E-state index contributed by atoms with van der Waals surface area (Å²) in [6.45, 7) is 18.5. The van der Waals surface area contributed by atoms with E-state index in [0.717, 1.165) is 9.75 Å². The number of aliphatic hydroxyl groups is 2. The Hall–Kier alpha value is -3.45. The first kappa shape index (κ1) is 54.3. The van der Waals surface area contributed by atoms with E-state index >= 15 is 9.59 Å². The van der Waals surface area contributed by atoms with Gasteiger partial charge in [-0.05, 0) is 100 Å². The van der Waals surface area contributed by atoms with Crippen molar-refractivity contribution in [2.75, 3.05) is 41.4 Å². The highest BCUT2D eigenvalue weighted by Gasteiger charge is 2.71. The van der Waals surface area contributed by atoms with Crippen molar-refractivity contribution in [3.63, 3.8) is 0 Å². The molecule has 0 amide bonds. The Morgan fingerprint density at radius 3 is 2.31 bits per heavy atom. The molecule has 1 unspecified atom stereocenters. The quantitative estimate of drug-likeness (QED) is 0.241. The van der Waals surface area contributed by atoms with Crippen LogP contribution in [0.15, 0.2) is 30.6 Å². The third kappa shape index (κ3) is 10.4. The highest BCUT2D eigenvalue weighted by molar-refractivity contribution is 7.15. The Balaban J connectivity index is 1.36. The van der Waals surface area contributed by atoms with Crippen molar-refractivity contribution in [2.45, 2.75) is 179 Å². The van der Waals surface area contributed by atoms with Crippen molar-refractivity contribution >= 4 is 29.1 Å². The third-order valence-corrected chi connectivity index (χ3v) is 17.1. The summed E-state index contributed by atoms with van der Waals surface area (Å²) in [6, 6.07) is 4.48. The number of thiophene rings is 1. The monoisotopic (exact) mass is 997 g/mol. The zero-order chi connectivity index (χ0) is 51.2. The smallest absolute Gasteiger partial charge is 0.324 e. The van der Waals surface area contributed by atoms with Gasteiger partial charge in [0.05, 0.1) is 51.3 Å². The summed E-state index contributed by atoms with van der Waals surface area (Å²) in [5.41, 5.74) is -4.98. The van der Waals surface area contributed by atoms with Crippen LogP contribution in [0, 0.1) is 40.9 Å². The van der Waals surface area contributed by atoms with Crippen LogP contribution in [0.25, 0.3) is 10.7 Å². The van der Waals surface area contributed by atoms with E-state index in [2.05, 4.69) is 21.8 Å². The van der Waals surface area contributed by atoms with Crippen molar-refractivity contribution in [3.05, 3.63) is 35.5 Å². The van der Waals surface area contributed by atoms with Crippen molar-refractivity contribution in [2.24, 2.45) is 29.1 Å². The number of carbonyl (C=O) groups excluding carboxylic acids is 3. The summed E-state index contributed by atoms with van der Waals surface area (Å²) in [5, 5.41) is 23.3. The lowest BCUT2D eigenvalue weighted by Crippen LogP contribution is -2.61. The minimum absolute atomic E-state index is 0.0857. The number of hydrogen-bond donors (Lipinski definition) is 2. The van der Waals surface area contributed by atoms with E-state index in [1.54, 1.807) is 46.2 Å². The number of cyclic esters (lactones) is 1. The molecule has 0 aliphatic carbocycles. The first-order valence-electron chi connectivity index (χ1n) is 24.8. The van der Waals surface area contributed by atoms with E-state index in [4.69, 9.17) is 37.9 Å². The SMILES string of the molecule is CC[C@H]1OC(=O)[C@H](C)C(O[C@H]2C[C@@](C)(OC)[C@@H](O)[C@H](C)O2)[C@@H](C)[C@@H](O[C@@H]2O[C@H](C)C[C@H](N(C)C)[C@H]2O)[C@@](C)(OCC#Cc2ccc(-c3ncccn3)s2)C[C@@H](C)C(=O)[C@]2(C)CN(C)[C@H]3C(=O)O[C@@]1(C)[C@H]32. The summed E-state index contributed by atoms with van der Waals surface area (Å²) in [6.07, 6.45) is -3.96. The van der Waals surface area contributed by atoms with Gasteiger partial charge >= 0.3 is 11.9 Å². The van der Waals surface area contributed by atoms with E-state index in [-0.39, 0.29) is 50.3 Å². The molecule has 5 saturated heterocycles. The summed E-state index contributed by atoms with van der Waals surface area (Å²) in [7, 11) is 7.13. The van der Waals surface area contributed by atoms with Gasteiger partial charge in [0, 0.05) is 61.7 Å². The van der Waals surface area contributed by atoms with Crippen molar-refractivity contribution in [3.8, 4) is 22.5 Å².